The van der Waals surface area contributed by atoms with E-state index in [2.05, 4.69) is 13.8 Å². The molecule has 1 aromatic rings. The van der Waals surface area contributed by atoms with Gasteiger partial charge in [-0.3, -0.25) is 10.1 Å². The fourth-order valence-electron chi connectivity index (χ4n) is 2.51. The van der Waals surface area contributed by atoms with Gasteiger partial charge in [-0.25, -0.2) is 4.39 Å². The minimum atomic E-state index is -0.567. The molecule has 0 amide bonds. The number of nitrogens with zero attached hydrogens (tertiary/aromatic N) is 2. The van der Waals surface area contributed by atoms with Crippen LogP contribution in [0, 0.1) is 21.8 Å². The highest BCUT2D eigenvalue weighted by molar-refractivity contribution is 5.64. The smallest absolute Gasteiger partial charge is 0.295 e. The fraction of sp³-hybridized carbons (Fsp3) is 0.538. The molecule has 1 fully saturated rings. The third-order valence-electron chi connectivity index (χ3n) is 3.56. The van der Waals surface area contributed by atoms with Gasteiger partial charge in [0.05, 0.1) is 11.0 Å². The molecule has 2 unspecified atom stereocenters. The average molecular weight is 252 g/mol. The van der Waals surface area contributed by atoms with E-state index >= 15 is 0 Å². The Balaban J connectivity index is 2.40. The summed E-state index contributed by atoms with van der Waals surface area (Å²) in [6, 6.07) is 4.06. The summed E-state index contributed by atoms with van der Waals surface area (Å²) in [6.07, 6.45) is 2.14. The highest BCUT2D eigenvalue weighted by Gasteiger charge is 2.28. The van der Waals surface area contributed by atoms with Crippen LogP contribution in [0.2, 0.25) is 0 Å². The Hall–Kier alpha value is -1.65. The summed E-state index contributed by atoms with van der Waals surface area (Å²) in [5.74, 6) is -0.0611. The Kier molecular flexibility index (Phi) is 3.50. The maximum absolute atomic E-state index is 13.1. The molecule has 0 saturated carbocycles. The lowest BCUT2D eigenvalue weighted by atomic mass is 9.94. The van der Waals surface area contributed by atoms with Gasteiger partial charge in [-0.2, -0.15) is 0 Å². The summed E-state index contributed by atoms with van der Waals surface area (Å²) in [5.41, 5.74) is 0.386. The number of piperidine rings is 1. The van der Waals surface area contributed by atoms with Crippen molar-refractivity contribution in [3.63, 3.8) is 0 Å². The van der Waals surface area contributed by atoms with Crippen LogP contribution in [-0.4, -0.2) is 17.5 Å². The van der Waals surface area contributed by atoms with Crippen LogP contribution in [0.25, 0.3) is 0 Å². The zero-order valence-corrected chi connectivity index (χ0v) is 10.6. The predicted molar refractivity (Wildman–Crippen MR) is 68.3 cm³/mol. The molecule has 0 bridgehead atoms. The topological polar surface area (TPSA) is 46.4 Å². The van der Waals surface area contributed by atoms with Crippen molar-refractivity contribution in [1.29, 1.82) is 0 Å². The van der Waals surface area contributed by atoms with Crippen LogP contribution in [0.15, 0.2) is 18.2 Å². The molecule has 2 rings (SSSR count). The van der Waals surface area contributed by atoms with Crippen molar-refractivity contribution >= 4 is 11.4 Å². The highest BCUT2D eigenvalue weighted by Crippen LogP contribution is 2.34. The van der Waals surface area contributed by atoms with Crippen LogP contribution < -0.4 is 4.90 Å². The second-order valence-corrected chi connectivity index (χ2v) is 5.07. The number of hydrogen-bond donors (Lipinski definition) is 0. The molecular weight excluding hydrogens is 235 g/mol. The lowest BCUT2D eigenvalue weighted by molar-refractivity contribution is -0.384. The lowest BCUT2D eigenvalue weighted by Crippen LogP contribution is -2.41. The Morgan fingerprint density at radius 2 is 2.11 bits per heavy atom. The molecule has 1 aromatic carbocycles. The molecule has 0 aromatic heterocycles. The van der Waals surface area contributed by atoms with E-state index in [0.29, 0.717) is 11.6 Å². The first-order valence-electron chi connectivity index (χ1n) is 6.19. The molecule has 0 radical (unpaired) electrons. The molecule has 0 N–H and O–H groups in total. The van der Waals surface area contributed by atoms with Crippen molar-refractivity contribution in [2.24, 2.45) is 5.92 Å². The summed E-state index contributed by atoms with van der Waals surface area (Å²) in [4.78, 5) is 12.5. The summed E-state index contributed by atoms with van der Waals surface area (Å²) in [5, 5.41) is 11.0. The summed E-state index contributed by atoms with van der Waals surface area (Å²) < 4.78 is 13.1. The second-order valence-electron chi connectivity index (χ2n) is 5.07. The number of rotatable bonds is 2. The van der Waals surface area contributed by atoms with Gasteiger partial charge >= 0.3 is 0 Å². The molecule has 4 nitrogen and oxygen atoms in total. The Bertz CT molecular complexity index is 464. The molecule has 1 aliphatic rings. The molecule has 0 aliphatic carbocycles. The van der Waals surface area contributed by atoms with Crippen LogP contribution in [-0.2, 0) is 0 Å². The highest BCUT2D eigenvalue weighted by atomic mass is 19.1. The van der Waals surface area contributed by atoms with E-state index in [0.717, 1.165) is 25.5 Å². The number of halogens is 1. The number of nitro groups is 1. The van der Waals surface area contributed by atoms with Crippen LogP contribution in [0.4, 0.5) is 15.8 Å². The normalized spacial score (nSPS) is 24.1. The maximum atomic E-state index is 13.1. The van der Waals surface area contributed by atoms with Gasteiger partial charge in [0.1, 0.15) is 11.5 Å². The third-order valence-corrected chi connectivity index (χ3v) is 3.56. The second kappa shape index (κ2) is 4.92. The van der Waals surface area contributed by atoms with E-state index in [1.807, 2.05) is 4.90 Å². The van der Waals surface area contributed by atoms with Gasteiger partial charge in [0, 0.05) is 12.6 Å². The summed E-state index contributed by atoms with van der Waals surface area (Å²) in [6.45, 7) is 4.97. The number of nitro benzene ring substituents is 1. The minimum absolute atomic E-state index is 0.143. The van der Waals surface area contributed by atoms with Crippen molar-refractivity contribution in [3.05, 3.63) is 34.1 Å². The van der Waals surface area contributed by atoms with Crippen molar-refractivity contribution < 1.29 is 9.31 Å². The molecule has 18 heavy (non-hydrogen) atoms. The van der Waals surface area contributed by atoms with E-state index < -0.39 is 10.7 Å². The van der Waals surface area contributed by atoms with Gasteiger partial charge in [-0.1, -0.05) is 6.92 Å². The van der Waals surface area contributed by atoms with Crippen LogP contribution >= 0.6 is 0 Å². The zero-order chi connectivity index (χ0) is 13.3. The van der Waals surface area contributed by atoms with Gasteiger partial charge in [0.2, 0.25) is 0 Å². The zero-order valence-electron chi connectivity index (χ0n) is 10.6. The molecule has 1 aliphatic heterocycles. The van der Waals surface area contributed by atoms with E-state index in [4.69, 9.17) is 0 Å². The van der Waals surface area contributed by atoms with Gasteiger partial charge < -0.3 is 4.90 Å². The first-order valence-corrected chi connectivity index (χ1v) is 6.19. The molecule has 1 saturated heterocycles. The minimum Gasteiger partial charge on any atom is -0.363 e. The Morgan fingerprint density at radius 3 is 2.78 bits per heavy atom. The fourth-order valence-corrected chi connectivity index (χ4v) is 2.51. The largest absolute Gasteiger partial charge is 0.363 e. The Labute approximate surface area is 106 Å². The average Bonchev–Trinajstić information content (AvgIpc) is 2.32. The molecular formula is C13H17FN2O2. The Morgan fingerprint density at radius 1 is 1.39 bits per heavy atom. The van der Waals surface area contributed by atoms with E-state index in [1.54, 1.807) is 0 Å². The van der Waals surface area contributed by atoms with Gasteiger partial charge in [-0.05, 0) is 37.8 Å². The van der Waals surface area contributed by atoms with Crippen molar-refractivity contribution in [3.8, 4) is 0 Å². The molecule has 2 atom stereocenters. The van der Waals surface area contributed by atoms with Crippen molar-refractivity contribution in [1.82, 2.24) is 0 Å². The van der Waals surface area contributed by atoms with E-state index in [9.17, 15) is 14.5 Å². The SMILES string of the molecule is CC1CCC(C)N(c2ccc(F)cc2[N+](=O)[O-])C1. The molecule has 1 heterocycles. The number of anilines is 1. The van der Waals surface area contributed by atoms with Crippen LogP contribution in [0.1, 0.15) is 26.7 Å². The van der Waals surface area contributed by atoms with E-state index in [1.165, 1.54) is 12.1 Å². The summed E-state index contributed by atoms with van der Waals surface area (Å²) in [7, 11) is 0. The first kappa shape index (κ1) is 12.8. The standard InChI is InChI=1S/C13H17FN2O2/c1-9-3-4-10(2)15(8-9)12-6-5-11(14)7-13(12)16(17)18/h5-7,9-10H,3-4,8H2,1-2H3. The quantitative estimate of drug-likeness (QED) is 0.599. The van der Waals surface area contributed by atoms with Crippen LogP contribution in [0.3, 0.4) is 0 Å². The van der Waals surface area contributed by atoms with Gasteiger partial charge in [0.25, 0.3) is 5.69 Å². The number of benzene rings is 1. The van der Waals surface area contributed by atoms with Crippen molar-refractivity contribution in [2.75, 3.05) is 11.4 Å². The van der Waals surface area contributed by atoms with Gasteiger partial charge in [-0.15, -0.1) is 0 Å². The van der Waals surface area contributed by atoms with Crippen molar-refractivity contribution in [2.45, 2.75) is 32.7 Å². The number of hydrogen-bond acceptors (Lipinski definition) is 3. The molecule has 98 valence electrons. The van der Waals surface area contributed by atoms with E-state index in [-0.39, 0.29) is 11.7 Å². The molecule has 5 heteroatoms. The first-order chi connectivity index (χ1) is 8.49. The maximum Gasteiger partial charge on any atom is 0.295 e. The molecule has 0 spiro atoms. The monoisotopic (exact) mass is 252 g/mol. The van der Waals surface area contributed by atoms with Crippen LogP contribution in [0.5, 0.6) is 0 Å². The third kappa shape index (κ3) is 2.44. The lowest BCUT2D eigenvalue weighted by Gasteiger charge is -2.38. The van der Waals surface area contributed by atoms with Gasteiger partial charge in [0.15, 0.2) is 0 Å². The predicted octanol–water partition coefficient (Wildman–Crippen LogP) is 3.36. The summed E-state index contributed by atoms with van der Waals surface area (Å²) >= 11 is 0.